The van der Waals surface area contributed by atoms with Gasteiger partial charge in [-0.15, -0.1) is 0 Å². The first-order chi connectivity index (χ1) is 7.66. The highest BCUT2D eigenvalue weighted by Crippen LogP contribution is 2.35. The van der Waals surface area contributed by atoms with Gasteiger partial charge in [-0.1, -0.05) is 26.8 Å². The number of pyridine rings is 1. The molecule has 0 aliphatic rings. The quantitative estimate of drug-likeness (QED) is 0.870. The van der Waals surface area contributed by atoms with Gasteiger partial charge in [-0.3, -0.25) is 4.98 Å². The van der Waals surface area contributed by atoms with E-state index in [-0.39, 0.29) is 17.9 Å². The molecule has 0 saturated heterocycles. The van der Waals surface area contributed by atoms with Crippen LogP contribution in [0.15, 0.2) is 18.3 Å². The highest BCUT2D eigenvalue weighted by Gasteiger charge is 2.33. The Morgan fingerprint density at radius 3 is 2.12 bits per heavy atom. The van der Waals surface area contributed by atoms with Crippen LogP contribution in [0, 0.1) is 5.41 Å². The lowest BCUT2D eigenvalue weighted by Crippen LogP contribution is -2.22. The first-order valence-electron chi connectivity index (χ1n) is 5.30. The maximum atomic E-state index is 12.3. The molecular formula is C12H16F3NO. The molecule has 0 bridgehead atoms. The standard InChI is InChI=1S/C12H16F3NO/c1-11(2,3)9(7-17)8-4-5-10(16-6-8)12(13,14)15/h4-6,9,17H,7H2,1-3H3/t9-/m1/s1. The first kappa shape index (κ1) is 14.0. The summed E-state index contributed by atoms with van der Waals surface area (Å²) in [6.07, 6.45) is -3.23. The van der Waals surface area contributed by atoms with Crippen LogP contribution < -0.4 is 0 Å². The first-order valence-corrected chi connectivity index (χ1v) is 5.30. The van der Waals surface area contributed by atoms with Gasteiger partial charge in [-0.25, -0.2) is 0 Å². The lowest BCUT2D eigenvalue weighted by atomic mass is 9.77. The fourth-order valence-electron chi connectivity index (χ4n) is 1.66. The summed E-state index contributed by atoms with van der Waals surface area (Å²) < 4.78 is 37.0. The topological polar surface area (TPSA) is 33.1 Å². The molecule has 2 nitrogen and oxygen atoms in total. The molecule has 0 aliphatic carbocycles. The van der Waals surface area contributed by atoms with Crippen LogP contribution >= 0.6 is 0 Å². The van der Waals surface area contributed by atoms with Crippen molar-refractivity contribution < 1.29 is 18.3 Å². The normalized spacial score (nSPS) is 14.8. The Bertz CT molecular complexity index is 365. The van der Waals surface area contributed by atoms with Gasteiger partial charge < -0.3 is 5.11 Å². The van der Waals surface area contributed by atoms with E-state index in [0.29, 0.717) is 5.56 Å². The van der Waals surface area contributed by atoms with Gasteiger partial charge in [0.15, 0.2) is 0 Å². The summed E-state index contributed by atoms with van der Waals surface area (Å²) in [6.45, 7) is 5.65. The lowest BCUT2D eigenvalue weighted by molar-refractivity contribution is -0.141. The highest BCUT2D eigenvalue weighted by molar-refractivity contribution is 5.21. The second-order valence-corrected chi connectivity index (χ2v) is 5.08. The molecule has 17 heavy (non-hydrogen) atoms. The number of aromatic nitrogens is 1. The van der Waals surface area contributed by atoms with Crippen LogP contribution in [-0.2, 0) is 6.18 Å². The molecule has 0 amide bonds. The van der Waals surface area contributed by atoms with E-state index in [9.17, 15) is 18.3 Å². The van der Waals surface area contributed by atoms with Crippen molar-refractivity contribution in [1.82, 2.24) is 4.98 Å². The Morgan fingerprint density at radius 1 is 1.24 bits per heavy atom. The van der Waals surface area contributed by atoms with Crippen molar-refractivity contribution >= 4 is 0 Å². The number of aliphatic hydroxyl groups excluding tert-OH is 1. The Hall–Kier alpha value is -1.10. The van der Waals surface area contributed by atoms with Crippen molar-refractivity contribution in [2.75, 3.05) is 6.61 Å². The zero-order chi connectivity index (χ0) is 13.3. The van der Waals surface area contributed by atoms with Gasteiger partial charge in [0.1, 0.15) is 5.69 Å². The minimum Gasteiger partial charge on any atom is -0.396 e. The molecule has 1 aromatic rings. The lowest BCUT2D eigenvalue weighted by Gasteiger charge is -2.29. The average molecular weight is 247 g/mol. The van der Waals surface area contributed by atoms with E-state index in [2.05, 4.69) is 4.98 Å². The maximum Gasteiger partial charge on any atom is 0.433 e. The third-order valence-electron chi connectivity index (χ3n) is 2.71. The molecule has 96 valence electrons. The monoisotopic (exact) mass is 247 g/mol. The molecule has 0 aliphatic heterocycles. The molecule has 1 N–H and O–H groups in total. The zero-order valence-electron chi connectivity index (χ0n) is 10.0. The van der Waals surface area contributed by atoms with Crippen molar-refractivity contribution in [2.45, 2.75) is 32.9 Å². The van der Waals surface area contributed by atoms with Crippen LogP contribution in [0.5, 0.6) is 0 Å². The fourth-order valence-corrected chi connectivity index (χ4v) is 1.66. The summed E-state index contributed by atoms with van der Waals surface area (Å²) in [7, 11) is 0. The second-order valence-electron chi connectivity index (χ2n) is 5.08. The fraction of sp³-hybridized carbons (Fsp3) is 0.583. The van der Waals surface area contributed by atoms with E-state index in [1.54, 1.807) is 0 Å². The molecule has 0 unspecified atom stereocenters. The second kappa shape index (κ2) is 4.64. The van der Waals surface area contributed by atoms with E-state index >= 15 is 0 Å². The van der Waals surface area contributed by atoms with Crippen LogP contribution in [0.4, 0.5) is 13.2 Å². The van der Waals surface area contributed by atoms with Crippen molar-refractivity contribution in [1.29, 1.82) is 0 Å². The Labute approximate surface area is 98.5 Å². The predicted octanol–water partition coefficient (Wildman–Crippen LogP) is 3.22. The van der Waals surface area contributed by atoms with Crippen LogP contribution in [-0.4, -0.2) is 16.7 Å². The van der Waals surface area contributed by atoms with Gasteiger partial charge in [0.2, 0.25) is 0 Å². The van der Waals surface area contributed by atoms with E-state index in [0.717, 1.165) is 6.07 Å². The minimum absolute atomic E-state index is 0.115. The molecule has 0 saturated carbocycles. The Kier molecular flexibility index (Phi) is 3.81. The van der Waals surface area contributed by atoms with Gasteiger partial charge in [-0.2, -0.15) is 13.2 Å². The van der Waals surface area contributed by atoms with Gasteiger partial charge in [-0.05, 0) is 17.0 Å². The largest absolute Gasteiger partial charge is 0.433 e. The van der Waals surface area contributed by atoms with E-state index in [1.165, 1.54) is 12.3 Å². The molecule has 0 radical (unpaired) electrons. The summed E-state index contributed by atoms with van der Waals surface area (Å²) >= 11 is 0. The molecule has 5 heteroatoms. The highest BCUT2D eigenvalue weighted by atomic mass is 19.4. The third-order valence-corrected chi connectivity index (χ3v) is 2.71. The summed E-state index contributed by atoms with van der Waals surface area (Å²) in [5.41, 5.74) is -0.518. The number of hydrogen-bond donors (Lipinski definition) is 1. The Balaban J connectivity index is 3.02. The number of nitrogens with zero attached hydrogens (tertiary/aromatic N) is 1. The smallest absolute Gasteiger partial charge is 0.396 e. The van der Waals surface area contributed by atoms with Crippen molar-refractivity contribution in [2.24, 2.45) is 5.41 Å². The Morgan fingerprint density at radius 2 is 1.82 bits per heavy atom. The van der Waals surface area contributed by atoms with E-state index in [1.807, 2.05) is 20.8 Å². The third kappa shape index (κ3) is 3.43. The van der Waals surface area contributed by atoms with E-state index in [4.69, 9.17) is 0 Å². The van der Waals surface area contributed by atoms with Crippen LogP contribution in [0.2, 0.25) is 0 Å². The van der Waals surface area contributed by atoms with Gasteiger partial charge in [0, 0.05) is 12.1 Å². The molecular weight excluding hydrogens is 231 g/mol. The van der Waals surface area contributed by atoms with Gasteiger partial charge in [0.05, 0.1) is 6.61 Å². The molecule has 0 spiro atoms. The number of rotatable bonds is 2. The van der Waals surface area contributed by atoms with Gasteiger partial charge in [0.25, 0.3) is 0 Å². The minimum atomic E-state index is -4.42. The van der Waals surface area contributed by atoms with E-state index < -0.39 is 11.9 Å². The molecule has 1 aromatic heterocycles. The molecule has 0 fully saturated rings. The predicted molar refractivity (Wildman–Crippen MR) is 58.5 cm³/mol. The molecule has 1 rings (SSSR count). The van der Waals surface area contributed by atoms with Crippen molar-refractivity contribution in [3.8, 4) is 0 Å². The van der Waals surface area contributed by atoms with Crippen LogP contribution in [0.1, 0.15) is 37.9 Å². The maximum absolute atomic E-state index is 12.3. The van der Waals surface area contributed by atoms with Gasteiger partial charge >= 0.3 is 6.18 Å². The SMILES string of the molecule is CC(C)(C)[C@H](CO)c1ccc(C(F)(F)F)nc1. The van der Waals surface area contributed by atoms with Crippen molar-refractivity contribution in [3.05, 3.63) is 29.6 Å². The summed E-state index contributed by atoms with van der Waals surface area (Å²) in [5.74, 6) is -0.225. The summed E-state index contributed by atoms with van der Waals surface area (Å²) in [5, 5.41) is 9.29. The summed E-state index contributed by atoms with van der Waals surface area (Å²) in [4.78, 5) is 3.40. The average Bonchev–Trinajstić information content (AvgIpc) is 2.16. The number of alkyl halides is 3. The number of halogens is 3. The van der Waals surface area contributed by atoms with Crippen molar-refractivity contribution in [3.63, 3.8) is 0 Å². The van der Waals surface area contributed by atoms with Crippen LogP contribution in [0.25, 0.3) is 0 Å². The molecule has 0 aromatic carbocycles. The molecule has 1 heterocycles. The van der Waals surface area contributed by atoms with Crippen LogP contribution in [0.3, 0.4) is 0 Å². The number of aliphatic hydroxyl groups is 1. The molecule has 1 atom stereocenters. The zero-order valence-corrected chi connectivity index (χ0v) is 10.0. The summed E-state index contributed by atoms with van der Waals surface area (Å²) in [6, 6.07) is 2.33. The number of hydrogen-bond acceptors (Lipinski definition) is 2.